The average molecular weight is 465 g/mol. The van der Waals surface area contributed by atoms with E-state index < -0.39 is 0 Å². The van der Waals surface area contributed by atoms with Crippen LogP contribution in [0.1, 0.15) is 18.4 Å². The van der Waals surface area contributed by atoms with Crippen LogP contribution in [0.15, 0.2) is 42.5 Å². The van der Waals surface area contributed by atoms with Gasteiger partial charge in [0.25, 0.3) is 5.24 Å². The lowest BCUT2D eigenvalue weighted by Gasteiger charge is -2.33. The third-order valence-electron chi connectivity index (χ3n) is 5.94. The number of rotatable bonds is 6. The molecule has 2 fully saturated rings. The number of carbonyl (C=O) groups is 1. The van der Waals surface area contributed by atoms with Crippen molar-refractivity contribution >= 4 is 45.9 Å². The number of anilines is 1. The maximum atomic E-state index is 12.5. The van der Waals surface area contributed by atoms with Crippen LogP contribution in [0, 0.1) is 5.92 Å². The summed E-state index contributed by atoms with van der Waals surface area (Å²) in [7, 11) is 1.65. The number of amides is 1. The molecule has 0 N–H and O–H groups in total. The number of piperidine rings is 1. The van der Waals surface area contributed by atoms with Crippen molar-refractivity contribution in [3.63, 3.8) is 0 Å². The molecule has 0 aliphatic carbocycles. The van der Waals surface area contributed by atoms with Gasteiger partial charge in [0.2, 0.25) is 0 Å². The number of hydrogen-bond acceptors (Lipinski definition) is 4. The van der Waals surface area contributed by atoms with E-state index in [1.165, 1.54) is 11.8 Å². The highest BCUT2D eigenvalue weighted by atomic mass is 35.5. The molecule has 1 amide bonds. The second kappa shape index (κ2) is 9.82. The second-order valence-corrected chi connectivity index (χ2v) is 10.1. The maximum absolute atomic E-state index is 12.5. The van der Waals surface area contributed by atoms with Gasteiger partial charge in [-0.05, 0) is 86.3 Å². The zero-order valence-corrected chi connectivity index (χ0v) is 19.3. The molecular formula is C23H26Cl2N2O2S. The van der Waals surface area contributed by atoms with Gasteiger partial charge in [0.1, 0.15) is 5.75 Å². The van der Waals surface area contributed by atoms with Crippen molar-refractivity contribution in [3.8, 4) is 5.75 Å². The molecule has 2 aromatic rings. The highest BCUT2D eigenvalue weighted by Crippen LogP contribution is 2.33. The predicted molar refractivity (Wildman–Crippen MR) is 126 cm³/mol. The van der Waals surface area contributed by atoms with E-state index >= 15 is 0 Å². The molecule has 2 saturated heterocycles. The molecule has 7 heteroatoms. The van der Waals surface area contributed by atoms with E-state index in [0.717, 1.165) is 72.5 Å². The Morgan fingerprint density at radius 2 is 1.83 bits per heavy atom. The summed E-state index contributed by atoms with van der Waals surface area (Å²) >= 11 is 13.9. The van der Waals surface area contributed by atoms with Crippen molar-refractivity contribution in [2.45, 2.75) is 24.5 Å². The van der Waals surface area contributed by atoms with Crippen LogP contribution < -0.4 is 9.64 Å². The standard InChI is InChI=1S/C23H26Cl2N2O2S/c1-29-20-5-3-19(4-6-20)27-15-21(30-23(27)28)14-26-10-8-16(9-11-26)12-17-13-18(24)2-7-22(17)25/h2-7,13,16,21H,8-12,14-15H2,1H3. The van der Waals surface area contributed by atoms with Crippen LogP contribution in [-0.2, 0) is 6.42 Å². The van der Waals surface area contributed by atoms with Crippen molar-refractivity contribution in [2.75, 3.05) is 38.2 Å². The molecule has 0 aromatic heterocycles. The quantitative estimate of drug-likeness (QED) is 0.524. The summed E-state index contributed by atoms with van der Waals surface area (Å²) in [6.45, 7) is 3.84. The molecule has 4 rings (SSSR count). The Balaban J connectivity index is 1.27. The normalized spacial score (nSPS) is 20.7. The summed E-state index contributed by atoms with van der Waals surface area (Å²) in [6, 6.07) is 13.4. The third kappa shape index (κ3) is 5.25. The molecule has 1 unspecified atom stereocenters. The fourth-order valence-electron chi connectivity index (χ4n) is 4.26. The zero-order valence-electron chi connectivity index (χ0n) is 17.0. The predicted octanol–water partition coefficient (Wildman–Crippen LogP) is 6.00. The lowest BCUT2D eigenvalue weighted by Crippen LogP contribution is -2.39. The lowest BCUT2D eigenvalue weighted by atomic mass is 9.90. The van der Waals surface area contributed by atoms with Crippen LogP contribution in [0.4, 0.5) is 10.5 Å². The molecule has 2 heterocycles. The minimum atomic E-state index is 0.135. The van der Waals surface area contributed by atoms with Gasteiger partial charge in [0.15, 0.2) is 0 Å². The SMILES string of the molecule is COc1ccc(N2CC(CN3CCC(Cc4cc(Cl)ccc4Cl)CC3)SC2=O)cc1. The number of hydrogen-bond donors (Lipinski definition) is 0. The fraction of sp³-hybridized carbons (Fsp3) is 0.435. The van der Waals surface area contributed by atoms with Gasteiger partial charge in [0.05, 0.1) is 7.11 Å². The molecule has 0 bridgehead atoms. The Kier molecular flexibility index (Phi) is 7.14. The van der Waals surface area contributed by atoms with Crippen LogP contribution in [0.5, 0.6) is 5.75 Å². The van der Waals surface area contributed by atoms with E-state index in [1.807, 2.05) is 47.4 Å². The molecule has 1 atom stereocenters. The minimum Gasteiger partial charge on any atom is -0.497 e. The van der Waals surface area contributed by atoms with Crippen molar-refractivity contribution in [1.82, 2.24) is 4.90 Å². The first-order valence-electron chi connectivity index (χ1n) is 10.3. The van der Waals surface area contributed by atoms with Gasteiger partial charge >= 0.3 is 0 Å². The average Bonchev–Trinajstić information content (AvgIpc) is 3.12. The summed E-state index contributed by atoms with van der Waals surface area (Å²) in [4.78, 5) is 16.9. The summed E-state index contributed by atoms with van der Waals surface area (Å²) in [6.07, 6.45) is 3.28. The number of nitrogens with zero attached hydrogens (tertiary/aromatic N) is 2. The van der Waals surface area contributed by atoms with Crippen LogP contribution in [0.3, 0.4) is 0 Å². The van der Waals surface area contributed by atoms with E-state index in [-0.39, 0.29) is 5.24 Å². The highest BCUT2D eigenvalue weighted by Gasteiger charge is 2.33. The van der Waals surface area contributed by atoms with Crippen LogP contribution in [-0.4, -0.2) is 48.7 Å². The van der Waals surface area contributed by atoms with Gasteiger partial charge in [-0.15, -0.1) is 0 Å². The molecule has 160 valence electrons. The summed E-state index contributed by atoms with van der Waals surface area (Å²) in [5.74, 6) is 1.43. The van der Waals surface area contributed by atoms with Crippen molar-refractivity contribution in [3.05, 3.63) is 58.1 Å². The van der Waals surface area contributed by atoms with Gasteiger partial charge in [-0.25, -0.2) is 0 Å². The zero-order chi connectivity index (χ0) is 21.1. The van der Waals surface area contributed by atoms with E-state index in [2.05, 4.69) is 4.90 Å². The fourth-order valence-corrected chi connectivity index (χ4v) is 5.75. The largest absolute Gasteiger partial charge is 0.497 e. The smallest absolute Gasteiger partial charge is 0.286 e. The molecule has 2 aliphatic rings. The molecule has 2 aliphatic heterocycles. The van der Waals surface area contributed by atoms with E-state index in [0.29, 0.717) is 11.2 Å². The number of ether oxygens (including phenoxy) is 1. The van der Waals surface area contributed by atoms with Crippen molar-refractivity contribution in [1.29, 1.82) is 0 Å². The Morgan fingerprint density at radius 1 is 1.10 bits per heavy atom. The Labute approximate surface area is 192 Å². The highest BCUT2D eigenvalue weighted by molar-refractivity contribution is 8.14. The second-order valence-electron chi connectivity index (χ2n) is 8.00. The van der Waals surface area contributed by atoms with Crippen molar-refractivity contribution < 1.29 is 9.53 Å². The Morgan fingerprint density at radius 3 is 2.53 bits per heavy atom. The summed E-state index contributed by atoms with van der Waals surface area (Å²) < 4.78 is 5.21. The van der Waals surface area contributed by atoms with E-state index in [4.69, 9.17) is 27.9 Å². The summed E-state index contributed by atoms with van der Waals surface area (Å²) in [5.41, 5.74) is 2.09. The van der Waals surface area contributed by atoms with Gasteiger partial charge in [0, 0.05) is 34.1 Å². The molecule has 2 aromatic carbocycles. The number of methoxy groups -OCH3 is 1. The number of halogens is 2. The van der Waals surface area contributed by atoms with Gasteiger partial charge in [-0.3, -0.25) is 4.79 Å². The Bertz CT molecular complexity index is 885. The first-order valence-corrected chi connectivity index (χ1v) is 11.9. The van der Waals surface area contributed by atoms with Crippen LogP contribution >= 0.6 is 35.0 Å². The molecular weight excluding hydrogens is 439 g/mol. The monoisotopic (exact) mass is 464 g/mol. The number of thioether (sulfide) groups is 1. The number of likely N-dealkylation sites (tertiary alicyclic amines) is 1. The molecule has 4 nitrogen and oxygen atoms in total. The third-order valence-corrected chi connectivity index (χ3v) is 7.60. The topological polar surface area (TPSA) is 32.8 Å². The maximum Gasteiger partial charge on any atom is 0.286 e. The van der Waals surface area contributed by atoms with E-state index in [1.54, 1.807) is 7.11 Å². The van der Waals surface area contributed by atoms with Crippen LogP contribution in [0.2, 0.25) is 10.0 Å². The van der Waals surface area contributed by atoms with E-state index in [9.17, 15) is 4.79 Å². The van der Waals surface area contributed by atoms with Gasteiger partial charge in [-0.2, -0.15) is 0 Å². The summed E-state index contributed by atoms with van der Waals surface area (Å²) in [5, 5.41) is 1.99. The Hall–Kier alpha value is -1.40. The first kappa shape index (κ1) is 21.8. The van der Waals surface area contributed by atoms with Gasteiger partial charge in [-0.1, -0.05) is 35.0 Å². The molecule has 0 spiro atoms. The molecule has 0 saturated carbocycles. The van der Waals surface area contributed by atoms with Crippen LogP contribution in [0.25, 0.3) is 0 Å². The lowest BCUT2D eigenvalue weighted by molar-refractivity contribution is 0.185. The number of carbonyl (C=O) groups excluding carboxylic acids is 1. The minimum absolute atomic E-state index is 0.135. The molecule has 30 heavy (non-hydrogen) atoms. The van der Waals surface area contributed by atoms with Gasteiger partial charge < -0.3 is 14.5 Å². The first-order chi connectivity index (χ1) is 14.5. The van der Waals surface area contributed by atoms with Crippen molar-refractivity contribution in [2.24, 2.45) is 5.92 Å². The molecule has 0 radical (unpaired) electrons. The number of benzene rings is 2.